The monoisotopic (exact) mass is 223 g/mol. The van der Waals surface area contributed by atoms with E-state index in [4.69, 9.17) is 4.74 Å². The minimum atomic E-state index is 0.377. The molecule has 1 aliphatic rings. The van der Waals surface area contributed by atoms with E-state index in [0.717, 1.165) is 30.1 Å². The van der Waals surface area contributed by atoms with Crippen LogP contribution < -0.4 is 0 Å². The van der Waals surface area contributed by atoms with Crippen LogP contribution in [0.15, 0.2) is 23.4 Å². The second kappa shape index (κ2) is 5.28. The summed E-state index contributed by atoms with van der Waals surface area (Å²) in [6.45, 7) is 0.892. The van der Waals surface area contributed by atoms with Crippen molar-refractivity contribution in [1.29, 1.82) is 0 Å². The van der Waals surface area contributed by atoms with Crippen molar-refractivity contribution in [2.75, 3.05) is 12.4 Å². The van der Waals surface area contributed by atoms with E-state index >= 15 is 0 Å². The summed E-state index contributed by atoms with van der Waals surface area (Å²) in [5.74, 6) is 0.952. The zero-order chi connectivity index (χ0) is 10.5. The number of carbonyl (C=O) groups excluding carboxylic acids is 1. The van der Waals surface area contributed by atoms with Crippen molar-refractivity contribution in [3.05, 3.63) is 23.9 Å². The molecule has 1 saturated heterocycles. The van der Waals surface area contributed by atoms with E-state index in [1.807, 2.05) is 6.07 Å². The summed E-state index contributed by atoms with van der Waals surface area (Å²) in [5.41, 5.74) is 0.622. The van der Waals surface area contributed by atoms with Crippen molar-refractivity contribution in [3.63, 3.8) is 0 Å². The largest absolute Gasteiger partial charge is 0.377 e. The Kier molecular flexibility index (Phi) is 3.75. The molecule has 1 atom stereocenters. The van der Waals surface area contributed by atoms with Crippen molar-refractivity contribution in [2.45, 2.75) is 24.0 Å². The highest BCUT2D eigenvalue weighted by Crippen LogP contribution is 2.22. The third-order valence-electron chi connectivity index (χ3n) is 2.34. The van der Waals surface area contributed by atoms with Gasteiger partial charge in [-0.1, -0.05) is 0 Å². The van der Waals surface area contributed by atoms with Crippen LogP contribution in [0.3, 0.4) is 0 Å². The molecule has 1 unspecified atom stereocenters. The van der Waals surface area contributed by atoms with Crippen molar-refractivity contribution < 1.29 is 9.53 Å². The molecule has 0 bridgehead atoms. The predicted octanol–water partition coefficient (Wildman–Crippen LogP) is 2.17. The third-order valence-corrected chi connectivity index (χ3v) is 3.41. The number of aromatic nitrogens is 1. The smallest absolute Gasteiger partial charge is 0.151 e. The van der Waals surface area contributed by atoms with E-state index in [1.165, 1.54) is 6.42 Å². The molecule has 0 spiro atoms. The van der Waals surface area contributed by atoms with Gasteiger partial charge in [0.15, 0.2) is 6.29 Å². The Morgan fingerprint density at radius 1 is 1.60 bits per heavy atom. The van der Waals surface area contributed by atoms with Gasteiger partial charge in [0.25, 0.3) is 0 Å². The van der Waals surface area contributed by atoms with Gasteiger partial charge in [-0.15, -0.1) is 11.8 Å². The van der Waals surface area contributed by atoms with Gasteiger partial charge in [-0.05, 0) is 25.0 Å². The molecule has 0 aromatic carbocycles. The summed E-state index contributed by atoms with van der Waals surface area (Å²) in [6.07, 6.45) is 5.11. The molecule has 1 aromatic heterocycles. The van der Waals surface area contributed by atoms with Crippen LogP contribution in [0.4, 0.5) is 0 Å². The molecular weight excluding hydrogens is 210 g/mol. The molecule has 0 radical (unpaired) electrons. The molecule has 0 amide bonds. The SMILES string of the molecule is O=Cc1ccc(SCC2CCCO2)nc1. The highest BCUT2D eigenvalue weighted by atomic mass is 32.2. The molecule has 0 aliphatic carbocycles. The van der Waals surface area contributed by atoms with E-state index in [-0.39, 0.29) is 0 Å². The molecule has 0 saturated carbocycles. The minimum Gasteiger partial charge on any atom is -0.377 e. The van der Waals surface area contributed by atoms with Gasteiger partial charge in [-0.3, -0.25) is 4.79 Å². The average molecular weight is 223 g/mol. The molecule has 80 valence electrons. The number of hydrogen-bond donors (Lipinski definition) is 0. The molecule has 2 rings (SSSR count). The highest BCUT2D eigenvalue weighted by Gasteiger charge is 2.15. The summed E-state index contributed by atoms with van der Waals surface area (Å²) in [4.78, 5) is 14.6. The first-order chi connectivity index (χ1) is 7.38. The van der Waals surface area contributed by atoms with Crippen LogP contribution in [-0.2, 0) is 4.74 Å². The fraction of sp³-hybridized carbons (Fsp3) is 0.455. The first kappa shape index (κ1) is 10.6. The van der Waals surface area contributed by atoms with Crippen LogP contribution in [0.2, 0.25) is 0 Å². The minimum absolute atomic E-state index is 0.377. The van der Waals surface area contributed by atoms with E-state index in [9.17, 15) is 4.79 Å². The Bertz CT molecular complexity index is 320. The van der Waals surface area contributed by atoms with Crippen molar-refractivity contribution in [2.24, 2.45) is 0 Å². The maximum Gasteiger partial charge on any atom is 0.151 e. The molecule has 0 N–H and O–H groups in total. The lowest BCUT2D eigenvalue weighted by Gasteiger charge is -2.07. The number of carbonyl (C=O) groups is 1. The van der Waals surface area contributed by atoms with E-state index in [0.29, 0.717) is 11.7 Å². The van der Waals surface area contributed by atoms with Gasteiger partial charge in [0.05, 0.1) is 11.1 Å². The van der Waals surface area contributed by atoms with E-state index < -0.39 is 0 Å². The maximum atomic E-state index is 10.4. The van der Waals surface area contributed by atoms with Gasteiger partial charge in [0, 0.05) is 24.1 Å². The number of nitrogens with zero attached hydrogens (tertiary/aromatic N) is 1. The molecule has 1 fully saturated rings. The first-order valence-electron chi connectivity index (χ1n) is 5.04. The number of thioether (sulfide) groups is 1. The number of hydrogen-bond acceptors (Lipinski definition) is 4. The summed E-state index contributed by atoms with van der Waals surface area (Å²) < 4.78 is 5.51. The lowest BCUT2D eigenvalue weighted by molar-refractivity contribution is 0.112. The van der Waals surface area contributed by atoms with Crippen LogP contribution in [-0.4, -0.2) is 29.7 Å². The number of pyridine rings is 1. The molecule has 4 heteroatoms. The molecule has 1 aliphatic heterocycles. The second-order valence-electron chi connectivity index (χ2n) is 3.49. The normalized spacial score (nSPS) is 20.4. The first-order valence-corrected chi connectivity index (χ1v) is 6.02. The van der Waals surface area contributed by atoms with Gasteiger partial charge in [0.1, 0.15) is 0 Å². The lowest BCUT2D eigenvalue weighted by Crippen LogP contribution is -2.07. The van der Waals surface area contributed by atoms with Crippen molar-refractivity contribution in [3.8, 4) is 0 Å². The topological polar surface area (TPSA) is 39.2 Å². The van der Waals surface area contributed by atoms with Gasteiger partial charge in [-0.2, -0.15) is 0 Å². The maximum absolute atomic E-state index is 10.4. The molecule has 3 nitrogen and oxygen atoms in total. The Labute approximate surface area is 93.2 Å². The fourth-order valence-electron chi connectivity index (χ4n) is 1.50. The van der Waals surface area contributed by atoms with Crippen LogP contribution in [0.1, 0.15) is 23.2 Å². The standard InChI is InChI=1S/C11H13NO2S/c13-7-9-3-4-11(12-6-9)15-8-10-2-1-5-14-10/h3-4,6-7,10H,1-2,5,8H2. The summed E-state index contributed by atoms with van der Waals surface area (Å²) >= 11 is 1.68. The number of aldehydes is 1. The Balaban J connectivity index is 1.84. The molecule has 2 heterocycles. The van der Waals surface area contributed by atoms with Crippen LogP contribution in [0, 0.1) is 0 Å². The van der Waals surface area contributed by atoms with Crippen molar-refractivity contribution >= 4 is 18.0 Å². The van der Waals surface area contributed by atoms with Crippen LogP contribution in [0.5, 0.6) is 0 Å². The van der Waals surface area contributed by atoms with E-state index in [1.54, 1.807) is 24.0 Å². The second-order valence-corrected chi connectivity index (χ2v) is 4.53. The van der Waals surface area contributed by atoms with Gasteiger partial charge in [-0.25, -0.2) is 4.98 Å². The summed E-state index contributed by atoms with van der Waals surface area (Å²) in [6, 6.07) is 3.67. The lowest BCUT2D eigenvalue weighted by atomic mass is 10.3. The molecule has 1 aromatic rings. The molecular formula is C11H13NO2S. The molecule has 15 heavy (non-hydrogen) atoms. The predicted molar refractivity (Wildman–Crippen MR) is 59.3 cm³/mol. The summed E-state index contributed by atoms with van der Waals surface area (Å²) in [5, 5.41) is 0.955. The van der Waals surface area contributed by atoms with Gasteiger partial charge in [0.2, 0.25) is 0 Å². The number of ether oxygens (including phenoxy) is 1. The van der Waals surface area contributed by atoms with Crippen LogP contribution in [0.25, 0.3) is 0 Å². The van der Waals surface area contributed by atoms with Crippen molar-refractivity contribution in [1.82, 2.24) is 4.98 Å². The zero-order valence-electron chi connectivity index (χ0n) is 8.39. The fourth-order valence-corrected chi connectivity index (χ4v) is 2.41. The van der Waals surface area contributed by atoms with Gasteiger partial charge < -0.3 is 4.74 Å². The number of rotatable bonds is 4. The zero-order valence-corrected chi connectivity index (χ0v) is 9.20. The third kappa shape index (κ3) is 3.04. The Hall–Kier alpha value is -0.870. The van der Waals surface area contributed by atoms with Gasteiger partial charge >= 0.3 is 0 Å². The highest BCUT2D eigenvalue weighted by molar-refractivity contribution is 7.99. The Morgan fingerprint density at radius 3 is 3.13 bits per heavy atom. The summed E-state index contributed by atoms with van der Waals surface area (Å²) in [7, 11) is 0. The quantitative estimate of drug-likeness (QED) is 0.579. The van der Waals surface area contributed by atoms with E-state index in [2.05, 4.69) is 4.98 Å². The average Bonchev–Trinajstić information content (AvgIpc) is 2.80. The van der Waals surface area contributed by atoms with Crippen LogP contribution >= 0.6 is 11.8 Å². The Morgan fingerprint density at radius 2 is 2.53 bits per heavy atom.